The third-order valence-electron chi connectivity index (χ3n) is 4.02. The summed E-state index contributed by atoms with van der Waals surface area (Å²) in [6.45, 7) is 0.00620. The fourth-order valence-corrected chi connectivity index (χ4v) is 2.80. The molecule has 2 fully saturated rings. The molecule has 20 heavy (non-hydrogen) atoms. The fraction of sp³-hybridized carbons (Fsp3) is 0.769. The number of urea groups is 1. The smallest absolute Gasteiger partial charge is 0.327 e. The van der Waals surface area contributed by atoms with E-state index in [0.717, 1.165) is 17.7 Å². The Hall–Kier alpha value is -1.63. The normalized spacial score (nSPS) is 21.8. The molecule has 0 spiro atoms. The van der Waals surface area contributed by atoms with E-state index in [1.54, 1.807) is 7.05 Å². The van der Waals surface area contributed by atoms with Gasteiger partial charge in [-0.15, -0.1) is 0 Å². The van der Waals surface area contributed by atoms with Crippen LogP contribution in [0.5, 0.6) is 0 Å². The first-order valence-corrected chi connectivity index (χ1v) is 6.84. The van der Waals surface area contributed by atoms with Gasteiger partial charge in [-0.3, -0.25) is 14.5 Å². The molecule has 0 aromatic rings. The van der Waals surface area contributed by atoms with Crippen molar-refractivity contribution in [2.75, 3.05) is 33.7 Å². The third kappa shape index (κ3) is 2.92. The molecule has 1 aliphatic heterocycles. The maximum absolute atomic E-state index is 12.1. The van der Waals surface area contributed by atoms with Gasteiger partial charge < -0.3 is 14.9 Å². The van der Waals surface area contributed by atoms with Gasteiger partial charge in [-0.05, 0) is 12.8 Å². The van der Waals surface area contributed by atoms with Gasteiger partial charge in [-0.2, -0.15) is 0 Å². The molecule has 0 radical (unpaired) electrons. The Labute approximate surface area is 118 Å². The average Bonchev–Trinajstić information content (AvgIpc) is 2.89. The number of aliphatic hydroxyl groups is 1. The lowest BCUT2D eigenvalue weighted by atomic mass is 10.0. The molecular formula is C13H21N3O4. The van der Waals surface area contributed by atoms with E-state index in [4.69, 9.17) is 0 Å². The molecule has 0 bridgehead atoms. The van der Waals surface area contributed by atoms with Crippen molar-refractivity contribution < 1.29 is 19.5 Å². The number of carbonyl (C=O) groups is 3. The van der Waals surface area contributed by atoms with Crippen molar-refractivity contribution in [2.24, 2.45) is 0 Å². The van der Waals surface area contributed by atoms with Crippen molar-refractivity contribution in [1.29, 1.82) is 0 Å². The van der Waals surface area contributed by atoms with Gasteiger partial charge in [0, 0.05) is 20.6 Å². The van der Waals surface area contributed by atoms with Crippen molar-refractivity contribution >= 4 is 17.8 Å². The number of rotatable bonds is 4. The highest BCUT2D eigenvalue weighted by atomic mass is 16.3. The number of nitrogens with zero attached hydrogens (tertiary/aromatic N) is 3. The Balaban J connectivity index is 1.91. The minimum atomic E-state index is -0.819. The van der Waals surface area contributed by atoms with Crippen molar-refractivity contribution in [3.8, 4) is 0 Å². The Kier molecular flexibility index (Phi) is 3.99. The molecule has 2 aliphatic rings. The molecule has 7 nitrogen and oxygen atoms in total. The minimum absolute atomic E-state index is 0.0137. The Morgan fingerprint density at radius 2 is 1.95 bits per heavy atom. The van der Waals surface area contributed by atoms with E-state index in [-0.39, 0.29) is 31.4 Å². The summed E-state index contributed by atoms with van der Waals surface area (Å²) < 4.78 is 0. The zero-order chi connectivity index (χ0) is 14.9. The second kappa shape index (κ2) is 5.40. The van der Waals surface area contributed by atoms with Crippen LogP contribution in [0.1, 0.15) is 25.7 Å². The van der Waals surface area contributed by atoms with Gasteiger partial charge in [-0.1, -0.05) is 12.8 Å². The van der Waals surface area contributed by atoms with Gasteiger partial charge in [0.25, 0.3) is 5.91 Å². The van der Waals surface area contributed by atoms with Crippen LogP contribution in [-0.4, -0.2) is 77.0 Å². The SMILES string of the molecule is CN(CC1(O)CCCC1)C(=O)CN1C(=O)CN(C)C1=O. The Bertz CT molecular complexity index is 431. The zero-order valence-corrected chi connectivity index (χ0v) is 12.0. The molecular weight excluding hydrogens is 262 g/mol. The van der Waals surface area contributed by atoms with Crippen LogP contribution in [0.25, 0.3) is 0 Å². The van der Waals surface area contributed by atoms with Gasteiger partial charge in [0.15, 0.2) is 0 Å². The number of likely N-dealkylation sites (N-methyl/N-ethyl adjacent to an activating group) is 2. The second-order valence-corrected chi connectivity index (χ2v) is 5.80. The second-order valence-electron chi connectivity index (χ2n) is 5.80. The highest BCUT2D eigenvalue weighted by molar-refractivity contribution is 6.04. The lowest BCUT2D eigenvalue weighted by Gasteiger charge is -2.29. The molecule has 1 saturated heterocycles. The molecule has 0 aromatic heterocycles. The fourth-order valence-electron chi connectivity index (χ4n) is 2.80. The number of hydrogen-bond donors (Lipinski definition) is 1. The summed E-state index contributed by atoms with van der Waals surface area (Å²) in [6.07, 6.45) is 3.31. The van der Waals surface area contributed by atoms with Gasteiger partial charge in [0.05, 0.1) is 5.60 Å². The molecule has 1 N–H and O–H groups in total. The van der Waals surface area contributed by atoms with Crippen LogP contribution in [-0.2, 0) is 9.59 Å². The molecule has 0 unspecified atom stereocenters. The molecule has 0 aromatic carbocycles. The maximum atomic E-state index is 12.1. The van der Waals surface area contributed by atoms with Crippen LogP contribution in [0.15, 0.2) is 0 Å². The number of carbonyl (C=O) groups excluding carboxylic acids is 3. The zero-order valence-electron chi connectivity index (χ0n) is 12.0. The number of hydrogen-bond acceptors (Lipinski definition) is 4. The molecule has 112 valence electrons. The van der Waals surface area contributed by atoms with E-state index in [1.807, 2.05) is 0 Å². The summed E-state index contributed by atoms with van der Waals surface area (Å²) in [5.41, 5.74) is -0.819. The van der Waals surface area contributed by atoms with Crippen LogP contribution >= 0.6 is 0 Å². The van der Waals surface area contributed by atoms with E-state index in [2.05, 4.69) is 0 Å². The van der Waals surface area contributed by atoms with Crippen molar-refractivity contribution in [2.45, 2.75) is 31.3 Å². The molecule has 2 rings (SSSR count). The van der Waals surface area contributed by atoms with Crippen LogP contribution in [0.3, 0.4) is 0 Å². The molecule has 7 heteroatoms. The average molecular weight is 283 g/mol. The molecule has 1 heterocycles. The summed E-state index contributed by atoms with van der Waals surface area (Å²) in [4.78, 5) is 39.0. The lowest BCUT2D eigenvalue weighted by molar-refractivity contribution is -0.137. The van der Waals surface area contributed by atoms with Gasteiger partial charge in [-0.25, -0.2) is 4.79 Å². The van der Waals surface area contributed by atoms with Gasteiger partial charge >= 0.3 is 6.03 Å². The topological polar surface area (TPSA) is 81.2 Å². The monoisotopic (exact) mass is 283 g/mol. The third-order valence-corrected chi connectivity index (χ3v) is 4.02. The highest BCUT2D eigenvalue weighted by Crippen LogP contribution is 2.29. The number of imide groups is 1. The van der Waals surface area contributed by atoms with Gasteiger partial charge in [0.1, 0.15) is 13.1 Å². The first kappa shape index (κ1) is 14.8. The molecule has 0 atom stereocenters. The predicted molar refractivity (Wildman–Crippen MR) is 70.8 cm³/mol. The standard InChI is InChI=1S/C13H21N3O4/c1-14-7-11(18)16(12(14)19)8-10(17)15(2)9-13(20)5-3-4-6-13/h20H,3-9H2,1-2H3. The summed E-state index contributed by atoms with van der Waals surface area (Å²) in [5.74, 6) is -0.693. The largest absolute Gasteiger partial charge is 0.388 e. The van der Waals surface area contributed by atoms with Crippen LogP contribution < -0.4 is 0 Å². The van der Waals surface area contributed by atoms with Crippen LogP contribution in [0.4, 0.5) is 4.79 Å². The number of amides is 4. The molecule has 4 amide bonds. The molecule has 1 aliphatic carbocycles. The lowest BCUT2D eigenvalue weighted by Crippen LogP contribution is -2.47. The Morgan fingerprint density at radius 1 is 1.35 bits per heavy atom. The van der Waals surface area contributed by atoms with E-state index < -0.39 is 11.6 Å². The van der Waals surface area contributed by atoms with E-state index in [9.17, 15) is 19.5 Å². The van der Waals surface area contributed by atoms with Crippen LogP contribution in [0, 0.1) is 0 Å². The predicted octanol–water partition coefficient (Wildman–Crippen LogP) is -0.356. The van der Waals surface area contributed by atoms with Crippen LogP contribution in [0.2, 0.25) is 0 Å². The van der Waals surface area contributed by atoms with Crippen molar-refractivity contribution in [1.82, 2.24) is 14.7 Å². The van der Waals surface area contributed by atoms with E-state index in [1.165, 1.54) is 16.8 Å². The van der Waals surface area contributed by atoms with E-state index in [0.29, 0.717) is 12.8 Å². The first-order valence-electron chi connectivity index (χ1n) is 6.84. The van der Waals surface area contributed by atoms with E-state index >= 15 is 0 Å². The first-order chi connectivity index (χ1) is 9.32. The molecule has 1 saturated carbocycles. The summed E-state index contributed by atoms with van der Waals surface area (Å²) in [6, 6.07) is -0.448. The maximum Gasteiger partial charge on any atom is 0.327 e. The summed E-state index contributed by atoms with van der Waals surface area (Å²) in [5, 5.41) is 10.3. The summed E-state index contributed by atoms with van der Waals surface area (Å²) in [7, 11) is 3.11. The summed E-state index contributed by atoms with van der Waals surface area (Å²) >= 11 is 0. The van der Waals surface area contributed by atoms with Crippen molar-refractivity contribution in [3.63, 3.8) is 0 Å². The van der Waals surface area contributed by atoms with Gasteiger partial charge in [0.2, 0.25) is 5.91 Å². The Morgan fingerprint density at radius 3 is 2.45 bits per heavy atom. The highest BCUT2D eigenvalue weighted by Gasteiger charge is 2.37. The minimum Gasteiger partial charge on any atom is -0.388 e. The van der Waals surface area contributed by atoms with Crippen molar-refractivity contribution in [3.05, 3.63) is 0 Å². The quantitative estimate of drug-likeness (QED) is 0.715.